The zero-order valence-electron chi connectivity index (χ0n) is 28.1. The minimum Gasteiger partial charge on any atom is -0.504 e. The van der Waals surface area contributed by atoms with Crippen LogP contribution in [0.1, 0.15) is 63.8 Å². The van der Waals surface area contributed by atoms with Crippen LogP contribution in [0, 0.1) is 23.7 Å². The van der Waals surface area contributed by atoms with Crippen LogP contribution in [0.5, 0.6) is 17.2 Å². The predicted octanol–water partition coefficient (Wildman–Crippen LogP) is 1.98. The minimum absolute atomic E-state index is 0.0253. The van der Waals surface area contributed by atoms with Crippen molar-refractivity contribution in [1.82, 2.24) is 15.1 Å². The summed E-state index contributed by atoms with van der Waals surface area (Å²) >= 11 is 0. The number of Topliss-reactive ketones (excluding diaryl/α,β-unsaturated/α-hetero) is 3. The number of carbonyl (C=O) groups is 5. The molecule has 13 heteroatoms. The molecule has 1 aromatic rings. The zero-order valence-corrected chi connectivity index (χ0v) is 28.1. The van der Waals surface area contributed by atoms with Gasteiger partial charge in [0.05, 0.1) is 37.8 Å². The zero-order chi connectivity index (χ0) is 34.9. The summed E-state index contributed by atoms with van der Waals surface area (Å²) in [5.74, 6) is -2.95. The largest absolute Gasteiger partial charge is 0.504 e. The van der Waals surface area contributed by atoms with E-state index in [0.29, 0.717) is 16.7 Å². The van der Waals surface area contributed by atoms with Gasteiger partial charge >= 0.3 is 5.97 Å². The molecule has 5 rings (SSSR count). The van der Waals surface area contributed by atoms with Crippen LogP contribution in [0.4, 0.5) is 0 Å². The highest BCUT2D eigenvalue weighted by Gasteiger charge is 2.58. The number of ether oxygens (including phenoxy) is 3. The Bertz CT molecular complexity index is 1730. The van der Waals surface area contributed by atoms with Crippen molar-refractivity contribution in [1.29, 1.82) is 5.26 Å². The molecule has 0 spiro atoms. The number of hydrogen-bond acceptors (Lipinski definition) is 12. The van der Waals surface area contributed by atoms with E-state index >= 15 is 0 Å². The quantitative estimate of drug-likeness (QED) is 0.199. The summed E-state index contributed by atoms with van der Waals surface area (Å²) in [5.41, 5.74) is 1.00. The van der Waals surface area contributed by atoms with E-state index in [9.17, 15) is 34.3 Å². The predicted molar refractivity (Wildman–Crippen MR) is 166 cm³/mol. The Morgan fingerprint density at radius 1 is 1.04 bits per heavy atom. The van der Waals surface area contributed by atoms with E-state index in [1.54, 1.807) is 27.7 Å². The number of carbonyl (C=O) groups excluding carboxylic acids is 5. The average molecular weight is 649 g/mol. The molecule has 3 aliphatic heterocycles. The van der Waals surface area contributed by atoms with Crippen LogP contribution >= 0.6 is 0 Å². The van der Waals surface area contributed by atoms with E-state index in [1.807, 2.05) is 16.8 Å². The molecule has 5 atom stereocenters. The monoisotopic (exact) mass is 648 g/mol. The maximum absolute atomic E-state index is 13.9. The Morgan fingerprint density at radius 3 is 2.26 bits per heavy atom. The van der Waals surface area contributed by atoms with Gasteiger partial charge in [0.1, 0.15) is 11.8 Å². The first kappa shape index (κ1) is 33.8. The van der Waals surface area contributed by atoms with Crippen molar-refractivity contribution in [2.45, 2.75) is 84.6 Å². The number of methoxy groups -OCH3 is 2. The molecule has 3 heterocycles. The van der Waals surface area contributed by atoms with Crippen molar-refractivity contribution in [2.75, 3.05) is 27.8 Å². The molecule has 0 unspecified atom stereocenters. The topological polar surface area (TPSA) is 176 Å². The van der Waals surface area contributed by atoms with Crippen LogP contribution in [0.25, 0.3) is 0 Å². The molecule has 13 nitrogen and oxygen atoms in total. The number of benzene rings is 1. The van der Waals surface area contributed by atoms with Crippen LogP contribution in [0.2, 0.25) is 0 Å². The number of nitrogens with one attached hydrogen (secondary N) is 1. The van der Waals surface area contributed by atoms with Crippen LogP contribution in [-0.4, -0.2) is 96.1 Å². The first-order valence-electron chi connectivity index (χ1n) is 15.4. The van der Waals surface area contributed by atoms with Gasteiger partial charge in [0.15, 0.2) is 23.0 Å². The van der Waals surface area contributed by atoms with E-state index in [-0.39, 0.29) is 59.1 Å². The maximum atomic E-state index is 13.9. The summed E-state index contributed by atoms with van der Waals surface area (Å²) in [6, 6.07) is -1.37. The van der Waals surface area contributed by atoms with Crippen LogP contribution in [-0.2, 0) is 35.1 Å². The second-order valence-electron chi connectivity index (χ2n) is 13.5. The highest BCUT2D eigenvalue weighted by molar-refractivity contribution is 6.35. The summed E-state index contributed by atoms with van der Waals surface area (Å²) in [6.07, 6.45) is 0.208. The number of rotatable bonds is 6. The molecule has 1 fully saturated rings. The second kappa shape index (κ2) is 11.9. The Hall–Kier alpha value is -4.54. The van der Waals surface area contributed by atoms with Gasteiger partial charge < -0.3 is 24.6 Å². The van der Waals surface area contributed by atoms with Gasteiger partial charge in [-0.1, -0.05) is 0 Å². The highest BCUT2D eigenvalue weighted by Crippen LogP contribution is 2.56. The molecule has 2 bridgehead atoms. The number of likely N-dealkylation sites (N-methyl/N-ethyl adjacent to an activating group) is 1. The summed E-state index contributed by atoms with van der Waals surface area (Å²) < 4.78 is 17.0. The number of ketones is 3. The lowest BCUT2D eigenvalue weighted by Gasteiger charge is -2.60. The Labute approximate surface area is 273 Å². The first-order chi connectivity index (χ1) is 22.0. The van der Waals surface area contributed by atoms with Crippen molar-refractivity contribution in [3.63, 3.8) is 0 Å². The van der Waals surface area contributed by atoms with Gasteiger partial charge in [-0.25, -0.2) is 0 Å². The molecule has 250 valence electrons. The summed E-state index contributed by atoms with van der Waals surface area (Å²) in [5, 5.41) is 25.1. The van der Waals surface area contributed by atoms with Crippen LogP contribution < -0.4 is 14.8 Å². The molecule has 0 aromatic heterocycles. The molecule has 0 radical (unpaired) electrons. The number of aromatic hydroxyl groups is 1. The molecular formula is C34H40N4O9. The first-order valence-corrected chi connectivity index (χ1v) is 15.4. The lowest BCUT2D eigenvalue weighted by molar-refractivity contribution is -0.143. The smallest absolute Gasteiger partial charge is 0.316 e. The van der Waals surface area contributed by atoms with Gasteiger partial charge in [0.2, 0.25) is 11.6 Å². The number of hydrogen-bond donors (Lipinski definition) is 2. The van der Waals surface area contributed by atoms with Gasteiger partial charge in [-0.15, -0.1) is 0 Å². The van der Waals surface area contributed by atoms with Crippen molar-refractivity contribution in [2.24, 2.45) is 5.41 Å². The summed E-state index contributed by atoms with van der Waals surface area (Å²) in [4.78, 5) is 69.1. The number of nitriles is 1. The highest BCUT2D eigenvalue weighted by atomic mass is 16.5. The number of phenolic OH excluding ortho intramolecular Hbond substituents is 1. The number of allylic oxidation sites excluding steroid dienone is 2. The Morgan fingerprint density at radius 2 is 1.70 bits per heavy atom. The number of phenols is 1. The third-order valence-corrected chi connectivity index (χ3v) is 9.82. The number of piperazine rings is 1. The lowest BCUT2D eigenvalue weighted by Crippen LogP contribution is -2.71. The van der Waals surface area contributed by atoms with Crippen molar-refractivity contribution >= 4 is 29.2 Å². The molecule has 4 aliphatic rings. The van der Waals surface area contributed by atoms with Crippen molar-refractivity contribution in [3.8, 4) is 23.3 Å². The lowest BCUT2D eigenvalue weighted by atomic mass is 9.69. The van der Waals surface area contributed by atoms with Gasteiger partial charge in [0.25, 0.3) is 5.91 Å². The molecular weight excluding hydrogens is 608 g/mol. The Kier molecular flexibility index (Phi) is 8.57. The van der Waals surface area contributed by atoms with E-state index in [4.69, 9.17) is 14.2 Å². The van der Waals surface area contributed by atoms with Gasteiger partial charge in [-0.3, -0.25) is 33.8 Å². The van der Waals surface area contributed by atoms with Crippen molar-refractivity contribution < 1.29 is 43.3 Å². The number of nitrogens with zero attached hydrogens (tertiary/aromatic N) is 3. The SMILES string of the molecule is COC1=C(C)C(=O)C2=C(C1=O)[C@H](CNC(=O)C(C)=O)N1[C@@H](C#N)[C@@H]3Cc4c(OC(=O)C(C)(C)C)c(C)c(OC)c(O)c4[C@H]([C@@H]1C2)N3C. The molecule has 1 saturated heterocycles. The van der Waals surface area contributed by atoms with E-state index < -0.39 is 64.9 Å². The van der Waals surface area contributed by atoms with Gasteiger partial charge in [0, 0.05) is 59.0 Å². The second-order valence-corrected chi connectivity index (χ2v) is 13.5. The van der Waals surface area contributed by atoms with E-state index in [1.165, 1.54) is 21.1 Å². The van der Waals surface area contributed by atoms with E-state index in [0.717, 1.165) is 6.92 Å². The fraction of sp³-hybridized carbons (Fsp3) is 0.529. The molecule has 2 N–H and O–H groups in total. The standard InChI is InChI=1S/C34H40N4O9/c1-14-26(40)17-10-20-25-24-18(29(47-33(44)34(4,5)6)15(2)31(46-9)28(24)42)11-19(37(25)7)21(12-35)38(20)22(13-36-32(43)16(3)39)23(17)27(41)30(14)45-8/h19-22,25,42H,10-11,13H2,1-9H3,(H,36,43)/t19-,20-,21-,22-,25-/m0/s1. The molecule has 1 aliphatic carbocycles. The maximum Gasteiger partial charge on any atom is 0.316 e. The fourth-order valence-corrected chi connectivity index (χ4v) is 7.54. The van der Waals surface area contributed by atoms with E-state index in [2.05, 4.69) is 11.4 Å². The van der Waals surface area contributed by atoms with Crippen LogP contribution in [0.15, 0.2) is 22.5 Å². The van der Waals surface area contributed by atoms with Gasteiger partial charge in [-0.2, -0.15) is 5.26 Å². The normalized spacial score (nSPS) is 25.7. The average Bonchev–Trinajstić information content (AvgIpc) is 3.00. The summed E-state index contributed by atoms with van der Waals surface area (Å²) in [7, 11) is 4.52. The fourth-order valence-electron chi connectivity index (χ4n) is 7.54. The molecule has 1 aromatic carbocycles. The molecule has 47 heavy (non-hydrogen) atoms. The summed E-state index contributed by atoms with van der Waals surface area (Å²) in [6.45, 7) is 9.26. The Balaban J connectivity index is 1.76. The molecule has 1 amide bonds. The third kappa shape index (κ3) is 5.10. The van der Waals surface area contributed by atoms with Crippen LogP contribution in [0.3, 0.4) is 0 Å². The minimum atomic E-state index is -0.987. The number of esters is 1. The van der Waals surface area contributed by atoms with Crippen molar-refractivity contribution in [3.05, 3.63) is 39.2 Å². The number of amides is 1. The third-order valence-electron chi connectivity index (χ3n) is 9.82. The molecule has 0 saturated carbocycles. The van der Waals surface area contributed by atoms with Gasteiger partial charge in [-0.05, 0) is 54.5 Å². The number of fused-ring (bicyclic) bond motifs is 6.